The Hall–Kier alpha value is -0.0800. The highest BCUT2D eigenvalue weighted by Crippen LogP contribution is 2.07. The van der Waals surface area contributed by atoms with Crippen LogP contribution in [-0.4, -0.2) is 37.1 Å². The van der Waals surface area contributed by atoms with E-state index in [0.29, 0.717) is 6.04 Å². The van der Waals surface area contributed by atoms with E-state index in [1.165, 1.54) is 19.6 Å². The average Bonchev–Trinajstić information content (AvgIpc) is 2.05. The van der Waals surface area contributed by atoms with E-state index in [0.717, 1.165) is 12.5 Å². The lowest BCUT2D eigenvalue weighted by atomic mass is 10.0. The van der Waals surface area contributed by atoms with Gasteiger partial charge in [0.1, 0.15) is 0 Å². The third-order valence-electron chi connectivity index (χ3n) is 2.54. The zero-order valence-corrected chi connectivity index (χ0v) is 7.93. The van der Waals surface area contributed by atoms with Gasteiger partial charge in [-0.2, -0.15) is 0 Å². The number of likely N-dealkylation sites (N-methyl/N-ethyl adjacent to an activating group) is 1. The van der Waals surface area contributed by atoms with Gasteiger partial charge < -0.3 is 10.2 Å². The fraction of sp³-hybridized carbons (Fsp3) is 1.00. The van der Waals surface area contributed by atoms with Gasteiger partial charge in [-0.05, 0) is 12.5 Å². The Balaban J connectivity index is 2.33. The molecule has 1 aliphatic heterocycles. The van der Waals surface area contributed by atoms with Crippen LogP contribution in [0, 0.1) is 5.92 Å². The maximum atomic E-state index is 3.54. The van der Waals surface area contributed by atoms with Gasteiger partial charge in [0.2, 0.25) is 0 Å². The molecule has 0 unspecified atom stereocenters. The predicted molar refractivity (Wildman–Crippen MR) is 48.7 cm³/mol. The van der Waals surface area contributed by atoms with E-state index in [1.807, 2.05) is 0 Å². The second-order valence-corrected chi connectivity index (χ2v) is 3.70. The fourth-order valence-electron chi connectivity index (χ4n) is 1.58. The first-order valence-electron chi connectivity index (χ1n) is 4.69. The van der Waals surface area contributed by atoms with Crippen molar-refractivity contribution in [3.05, 3.63) is 0 Å². The molecule has 66 valence electrons. The largest absolute Gasteiger partial charge is 0.311 e. The van der Waals surface area contributed by atoms with Crippen molar-refractivity contribution in [3.8, 4) is 0 Å². The van der Waals surface area contributed by atoms with Crippen LogP contribution < -0.4 is 5.32 Å². The summed E-state index contributed by atoms with van der Waals surface area (Å²) in [4.78, 5) is 2.52. The Morgan fingerprint density at radius 3 is 2.82 bits per heavy atom. The summed E-state index contributed by atoms with van der Waals surface area (Å²) in [5, 5.41) is 3.54. The Labute approximate surface area is 70.0 Å². The van der Waals surface area contributed by atoms with Gasteiger partial charge in [0.05, 0.1) is 0 Å². The molecule has 0 aromatic carbocycles. The molecule has 1 saturated heterocycles. The molecule has 1 aliphatic rings. The predicted octanol–water partition coefficient (Wildman–Crippen LogP) is 0.936. The summed E-state index contributed by atoms with van der Waals surface area (Å²) >= 11 is 0. The van der Waals surface area contributed by atoms with Crippen molar-refractivity contribution in [1.82, 2.24) is 10.2 Å². The van der Waals surface area contributed by atoms with Gasteiger partial charge in [0, 0.05) is 25.7 Å². The molecule has 1 atom stereocenters. The molecule has 0 aromatic heterocycles. The molecule has 0 bridgehead atoms. The fourth-order valence-corrected chi connectivity index (χ4v) is 1.58. The van der Waals surface area contributed by atoms with Crippen LogP contribution in [0.2, 0.25) is 0 Å². The Morgan fingerprint density at radius 2 is 2.27 bits per heavy atom. The molecule has 11 heavy (non-hydrogen) atoms. The molecule has 0 aromatic rings. The van der Waals surface area contributed by atoms with Crippen LogP contribution in [0.3, 0.4) is 0 Å². The standard InChI is InChI=1S/C9H20N2/c1-4-11-6-5-10-9(7-11)8(2)3/h8-10H,4-7H2,1-3H3/t9-/m0/s1. The summed E-state index contributed by atoms with van der Waals surface area (Å²) < 4.78 is 0. The van der Waals surface area contributed by atoms with Crippen LogP contribution in [0.4, 0.5) is 0 Å². The molecule has 1 heterocycles. The summed E-state index contributed by atoms with van der Waals surface area (Å²) in [6.07, 6.45) is 0. The van der Waals surface area contributed by atoms with Crippen molar-refractivity contribution in [2.45, 2.75) is 26.8 Å². The van der Waals surface area contributed by atoms with Crippen LogP contribution in [0.1, 0.15) is 20.8 Å². The number of piperazine rings is 1. The molecule has 1 N–H and O–H groups in total. The lowest BCUT2D eigenvalue weighted by Gasteiger charge is -2.34. The summed E-state index contributed by atoms with van der Waals surface area (Å²) in [5.41, 5.74) is 0. The topological polar surface area (TPSA) is 15.3 Å². The van der Waals surface area contributed by atoms with E-state index >= 15 is 0 Å². The molecule has 0 spiro atoms. The SMILES string of the molecule is CCN1CCN[C@H](C(C)C)C1. The summed E-state index contributed by atoms with van der Waals surface area (Å²) in [5.74, 6) is 0.768. The zero-order chi connectivity index (χ0) is 8.27. The molecule has 1 rings (SSSR count). The second kappa shape index (κ2) is 4.07. The molecule has 1 fully saturated rings. The molecular formula is C9H20N2. The molecule has 2 heteroatoms. The first kappa shape index (κ1) is 9.01. The van der Waals surface area contributed by atoms with E-state index in [4.69, 9.17) is 0 Å². The van der Waals surface area contributed by atoms with Gasteiger partial charge in [0.25, 0.3) is 0 Å². The molecular weight excluding hydrogens is 136 g/mol. The number of rotatable bonds is 2. The van der Waals surface area contributed by atoms with E-state index in [9.17, 15) is 0 Å². The van der Waals surface area contributed by atoms with Crippen LogP contribution >= 0.6 is 0 Å². The number of hydrogen-bond acceptors (Lipinski definition) is 2. The maximum Gasteiger partial charge on any atom is 0.0218 e. The first-order chi connectivity index (χ1) is 5.24. The van der Waals surface area contributed by atoms with Crippen molar-refractivity contribution in [2.24, 2.45) is 5.92 Å². The van der Waals surface area contributed by atoms with E-state index in [-0.39, 0.29) is 0 Å². The van der Waals surface area contributed by atoms with Gasteiger partial charge in [-0.15, -0.1) is 0 Å². The summed E-state index contributed by atoms with van der Waals surface area (Å²) in [6, 6.07) is 0.712. The van der Waals surface area contributed by atoms with Crippen LogP contribution in [0.15, 0.2) is 0 Å². The number of hydrogen-bond donors (Lipinski definition) is 1. The summed E-state index contributed by atoms with van der Waals surface area (Å²) in [7, 11) is 0. The second-order valence-electron chi connectivity index (χ2n) is 3.70. The first-order valence-corrected chi connectivity index (χ1v) is 4.69. The molecule has 2 nitrogen and oxygen atoms in total. The van der Waals surface area contributed by atoms with Crippen molar-refractivity contribution in [1.29, 1.82) is 0 Å². The quantitative estimate of drug-likeness (QED) is 0.640. The summed E-state index contributed by atoms with van der Waals surface area (Å²) in [6.45, 7) is 11.6. The Bertz CT molecular complexity index is 112. The smallest absolute Gasteiger partial charge is 0.0218 e. The van der Waals surface area contributed by atoms with Gasteiger partial charge in [-0.3, -0.25) is 0 Å². The monoisotopic (exact) mass is 156 g/mol. The van der Waals surface area contributed by atoms with E-state index in [2.05, 4.69) is 31.0 Å². The van der Waals surface area contributed by atoms with Crippen LogP contribution in [-0.2, 0) is 0 Å². The van der Waals surface area contributed by atoms with E-state index in [1.54, 1.807) is 0 Å². The molecule has 0 saturated carbocycles. The highest BCUT2D eigenvalue weighted by molar-refractivity contribution is 4.79. The minimum atomic E-state index is 0.712. The van der Waals surface area contributed by atoms with Gasteiger partial charge in [-0.25, -0.2) is 0 Å². The lowest BCUT2D eigenvalue weighted by Crippen LogP contribution is -2.52. The maximum absolute atomic E-state index is 3.54. The minimum Gasteiger partial charge on any atom is -0.311 e. The van der Waals surface area contributed by atoms with Crippen molar-refractivity contribution in [3.63, 3.8) is 0 Å². The highest BCUT2D eigenvalue weighted by Gasteiger charge is 2.19. The lowest BCUT2D eigenvalue weighted by molar-refractivity contribution is 0.182. The number of nitrogens with zero attached hydrogens (tertiary/aromatic N) is 1. The van der Waals surface area contributed by atoms with Crippen LogP contribution in [0.25, 0.3) is 0 Å². The average molecular weight is 156 g/mol. The van der Waals surface area contributed by atoms with Crippen LogP contribution in [0.5, 0.6) is 0 Å². The van der Waals surface area contributed by atoms with Crippen molar-refractivity contribution in [2.75, 3.05) is 26.2 Å². The van der Waals surface area contributed by atoms with E-state index < -0.39 is 0 Å². The highest BCUT2D eigenvalue weighted by atomic mass is 15.2. The molecule has 0 radical (unpaired) electrons. The zero-order valence-electron chi connectivity index (χ0n) is 7.93. The van der Waals surface area contributed by atoms with Gasteiger partial charge in [0.15, 0.2) is 0 Å². The Kier molecular flexibility index (Phi) is 3.34. The molecule has 0 amide bonds. The third-order valence-corrected chi connectivity index (χ3v) is 2.54. The third kappa shape index (κ3) is 2.46. The minimum absolute atomic E-state index is 0.712. The van der Waals surface area contributed by atoms with Gasteiger partial charge in [-0.1, -0.05) is 20.8 Å². The normalized spacial score (nSPS) is 27.8. The van der Waals surface area contributed by atoms with Gasteiger partial charge >= 0.3 is 0 Å². The number of nitrogens with one attached hydrogen (secondary N) is 1. The Morgan fingerprint density at radius 1 is 1.55 bits per heavy atom. The molecule has 0 aliphatic carbocycles. The van der Waals surface area contributed by atoms with Crippen molar-refractivity contribution >= 4 is 0 Å². The van der Waals surface area contributed by atoms with Crippen molar-refractivity contribution < 1.29 is 0 Å².